The second-order valence-corrected chi connectivity index (χ2v) is 2.67. The van der Waals surface area contributed by atoms with Gasteiger partial charge in [0.1, 0.15) is 0 Å². The molecular formula is C9H7N3O. The third-order valence-electron chi connectivity index (χ3n) is 1.68. The molecule has 0 radical (unpaired) electrons. The average molecular weight is 173 g/mol. The lowest BCUT2D eigenvalue weighted by Crippen LogP contribution is -1.96. The molecule has 2 amide bonds. The lowest BCUT2D eigenvalue weighted by atomic mass is 10.1. The number of nitrogens with zero attached hydrogens (tertiary/aromatic N) is 3. The molecule has 0 saturated heterocycles. The second-order valence-electron chi connectivity index (χ2n) is 2.67. The van der Waals surface area contributed by atoms with E-state index in [1.54, 1.807) is 0 Å². The molecule has 0 atom stereocenters. The molecule has 4 nitrogen and oxygen atoms in total. The number of rotatable bonds is 2. The zero-order valence-corrected chi connectivity index (χ0v) is 6.84. The van der Waals surface area contributed by atoms with Crippen LogP contribution in [-0.2, 0) is 6.42 Å². The van der Waals surface area contributed by atoms with Gasteiger partial charge < -0.3 is 0 Å². The molecule has 1 aliphatic rings. The van der Waals surface area contributed by atoms with Crippen molar-refractivity contribution >= 4 is 11.9 Å². The van der Waals surface area contributed by atoms with Gasteiger partial charge in [0.2, 0.25) is 0 Å². The molecule has 0 bridgehead atoms. The summed E-state index contributed by atoms with van der Waals surface area (Å²) in [6, 6.07) is 9.22. The first-order valence-electron chi connectivity index (χ1n) is 3.92. The molecule has 0 N–H and O–H groups in total. The van der Waals surface area contributed by atoms with Crippen molar-refractivity contribution in [1.82, 2.24) is 0 Å². The van der Waals surface area contributed by atoms with Gasteiger partial charge in [-0.05, 0) is 5.56 Å². The molecule has 0 saturated carbocycles. The highest BCUT2D eigenvalue weighted by Crippen LogP contribution is 2.06. The van der Waals surface area contributed by atoms with Gasteiger partial charge in [-0.2, -0.15) is 4.99 Å². The van der Waals surface area contributed by atoms with E-state index in [0.717, 1.165) is 5.56 Å². The minimum absolute atomic E-state index is 0.483. The van der Waals surface area contributed by atoms with Crippen LogP contribution < -0.4 is 0 Å². The Morgan fingerprint density at radius 1 is 1.08 bits per heavy atom. The van der Waals surface area contributed by atoms with Crippen LogP contribution in [0.5, 0.6) is 0 Å². The quantitative estimate of drug-likeness (QED) is 0.676. The summed E-state index contributed by atoms with van der Waals surface area (Å²) in [7, 11) is 0. The SMILES string of the molecule is O=C1N=NC(Cc2ccccc2)=N1. The van der Waals surface area contributed by atoms with Crippen LogP contribution in [0.3, 0.4) is 0 Å². The van der Waals surface area contributed by atoms with E-state index >= 15 is 0 Å². The molecule has 1 aromatic rings. The Hall–Kier alpha value is -1.84. The predicted octanol–water partition coefficient (Wildman–Crippen LogP) is 2.21. The highest BCUT2D eigenvalue weighted by atomic mass is 16.2. The van der Waals surface area contributed by atoms with Crippen LogP contribution in [-0.4, -0.2) is 11.9 Å². The van der Waals surface area contributed by atoms with Crippen molar-refractivity contribution in [3.05, 3.63) is 35.9 Å². The van der Waals surface area contributed by atoms with E-state index in [0.29, 0.717) is 12.3 Å². The normalized spacial score (nSPS) is 14.8. The van der Waals surface area contributed by atoms with Crippen molar-refractivity contribution in [2.75, 3.05) is 0 Å². The van der Waals surface area contributed by atoms with Crippen molar-refractivity contribution in [2.24, 2.45) is 15.2 Å². The zero-order valence-electron chi connectivity index (χ0n) is 6.84. The van der Waals surface area contributed by atoms with Crippen LogP contribution in [0.25, 0.3) is 0 Å². The Morgan fingerprint density at radius 2 is 1.85 bits per heavy atom. The zero-order chi connectivity index (χ0) is 9.10. The van der Waals surface area contributed by atoms with Crippen LogP contribution in [0, 0.1) is 0 Å². The van der Waals surface area contributed by atoms with Gasteiger partial charge in [-0.1, -0.05) is 35.4 Å². The van der Waals surface area contributed by atoms with Crippen molar-refractivity contribution in [1.29, 1.82) is 0 Å². The Labute approximate surface area is 75.0 Å². The fourth-order valence-corrected chi connectivity index (χ4v) is 1.11. The molecular weight excluding hydrogens is 166 g/mol. The molecule has 0 aliphatic carbocycles. The number of aliphatic imine (C=N–C) groups is 1. The lowest BCUT2D eigenvalue weighted by molar-refractivity contribution is 0.257. The highest BCUT2D eigenvalue weighted by molar-refractivity contribution is 5.99. The maximum absolute atomic E-state index is 10.6. The largest absolute Gasteiger partial charge is 0.387 e. The number of hydrogen-bond acceptors (Lipinski definition) is 2. The van der Waals surface area contributed by atoms with Gasteiger partial charge in [-0.25, -0.2) is 4.79 Å². The minimum atomic E-state index is -0.508. The first-order chi connectivity index (χ1) is 6.34. The third kappa shape index (κ3) is 1.84. The average Bonchev–Trinajstić information content (AvgIpc) is 2.53. The van der Waals surface area contributed by atoms with Crippen molar-refractivity contribution in [3.63, 3.8) is 0 Å². The number of amidine groups is 1. The number of benzene rings is 1. The molecule has 4 heteroatoms. The molecule has 64 valence electrons. The van der Waals surface area contributed by atoms with E-state index < -0.39 is 6.03 Å². The summed E-state index contributed by atoms with van der Waals surface area (Å²) in [6.45, 7) is 0. The number of amides is 2. The van der Waals surface area contributed by atoms with E-state index in [1.807, 2.05) is 30.3 Å². The number of urea groups is 1. The molecule has 13 heavy (non-hydrogen) atoms. The van der Waals surface area contributed by atoms with Crippen LogP contribution in [0.2, 0.25) is 0 Å². The lowest BCUT2D eigenvalue weighted by Gasteiger charge is -1.95. The standard InChI is InChI=1S/C9H7N3O/c13-9-10-8(11-12-9)6-7-4-2-1-3-5-7/h1-5H,6H2. The van der Waals surface area contributed by atoms with Crippen LogP contribution in [0.15, 0.2) is 45.6 Å². The summed E-state index contributed by atoms with van der Waals surface area (Å²) < 4.78 is 0. The van der Waals surface area contributed by atoms with E-state index in [2.05, 4.69) is 15.2 Å². The fraction of sp³-hybridized carbons (Fsp3) is 0.111. The van der Waals surface area contributed by atoms with Crippen molar-refractivity contribution < 1.29 is 4.79 Å². The van der Waals surface area contributed by atoms with E-state index in [1.165, 1.54) is 0 Å². The number of hydrogen-bond donors (Lipinski definition) is 0. The van der Waals surface area contributed by atoms with Gasteiger partial charge in [-0.15, -0.1) is 5.11 Å². The molecule has 0 spiro atoms. The van der Waals surface area contributed by atoms with Gasteiger partial charge in [0.05, 0.1) is 0 Å². The Morgan fingerprint density at radius 3 is 2.46 bits per heavy atom. The van der Waals surface area contributed by atoms with Crippen molar-refractivity contribution in [2.45, 2.75) is 6.42 Å². The minimum Gasteiger partial charge on any atom is -0.242 e. The molecule has 0 fully saturated rings. The van der Waals surface area contributed by atoms with Gasteiger partial charge >= 0.3 is 6.03 Å². The first kappa shape index (κ1) is 7.79. The topological polar surface area (TPSA) is 54.1 Å². The van der Waals surface area contributed by atoms with Crippen LogP contribution >= 0.6 is 0 Å². The van der Waals surface area contributed by atoms with Gasteiger partial charge in [0.15, 0.2) is 5.84 Å². The summed E-state index contributed by atoms with van der Waals surface area (Å²) in [5.41, 5.74) is 1.08. The smallest absolute Gasteiger partial charge is 0.242 e. The number of carbonyl (C=O) groups is 1. The molecule has 0 aromatic heterocycles. The second kappa shape index (κ2) is 3.26. The van der Waals surface area contributed by atoms with E-state index in [-0.39, 0.29) is 0 Å². The first-order valence-corrected chi connectivity index (χ1v) is 3.92. The summed E-state index contributed by atoms with van der Waals surface area (Å²) in [4.78, 5) is 14.2. The Kier molecular flexibility index (Phi) is 1.96. The number of carbonyl (C=O) groups excluding carboxylic acids is 1. The van der Waals surface area contributed by atoms with Gasteiger partial charge in [0, 0.05) is 6.42 Å². The van der Waals surface area contributed by atoms with Crippen LogP contribution in [0.1, 0.15) is 5.56 Å². The summed E-state index contributed by atoms with van der Waals surface area (Å²) >= 11 is 0. The molecule has 1 aliphatic heterocycles. The monoisotopic (exact) mass is 173 g/mol. The predicted molar refractivity (Wildman–Crippen MR) is 47.8 cm³/mol. The summed E-state index contributed by atoms with van der Waals surface area (Å²) in [5.74, 6) is 0.483. The fourth-order valence-electron chi connectivity index (χ4n) is 1.11. The Bertz CT molecular complexity index is 381. The van der Waals surface area contributed by atoms with E-state index in [4.69, 9.17) is 0 Å². The van der Waals surface area contributed by atoms with Crippen molar-refractivity contribution in [3.8, 4) is 0 Å². The van der Waals surface area contributed by atoms with Crippen LogP contribution in [0.4, 0.5) is 4.79 Å². The van der Waals surface area contributed by atoms with Gasteiger partial charge in [0.25, 0.3) is 0 Å². The molecule has 1 aromatic carbocycles. The van der Waals surface area contributed by atoms with Gasteiger partial charge in [-0.3, -0.25) is 0 Å². The Balaban J connectivity index is 2.12. The molecule has 0 unspecified atom stereocenters. The number of azo groups is 1. The molecule has 1 heterocycles. The summed E-state index contributed by atoms with van der Waals surface area (Å²) in [6.07, 6.45) is 0.566. The highest BCUT2D eigenvalue weighted by Gasteiger charge is 2.09. The maximum Gasteiger partial charge on any atom is 0.387 e. The third-order valence-corrected chi connectivity index (χ3v) is 1.68. The maximum atomic E-state index is 10.6. The summed E-state index contributed by atoms with van der Waals surface area (Å²) in [5, 5.41) is 6.93. The van der Waals surface area contributed by atoms with E-state index in [9.17, 15) is 4.79 Å². The molecule has 2 rings (SSSR count).